The van der Waals surface area contributed by atoms with Crippen molar-refractivity contribution in [1.29, 1.82) is 0 Å². The van der Waals surface area contributed by atoms with E-state index in [-0.39, 0.29) is 5.92 Å². The first kappa shape index (κ1) is 17.0. The van der Waals surface area contributed by atoms with Crippen LogP contribution >= 0.6 is 11.3 Å². The zero-order chi connectivity index (χ0) is 18.1. The van der Waals surface area contributed by atoms with Gasteiger partial charge in [0.05, 0.1) is 10.7 Å². The van der Waals surface area contributed by atoms with Crippen molar-refractivity contribution in [2.24, 2.45) is 0 Å². The molecule has 0 saturated carbocycles. The third-order valence-electron chi connectivity index (χ3n) is 4.32. The molecule has 4 rings (SSSR count). The van der Waals surface area contributed by atoms with Gasteiger partial charge >= 0.3 is 6.18 Å². The second-order valence-electron chi connectivity index (χ2n) is 6.08. The van der Waals surface area contributed by atoms with Gasteiger partial charge in [0.25, 0.3) is 0 Å². The minimum absolute atomic E-state index is 0.0641. The largest absolute Gasteiger partial charge is 0.434 e. The minimum Gasteiger partial charge on any atom is -0.339 e. The summed E-state index contributed by atoms with van der Waals surface area (Å²) in [5.74, 6) is 0.527. The third kappa shape index (κ3) is 3.28. The summed E-state index contributed by atoms with van der Waals surface area (Å²) in [6.07, 6.45) is -2.76. The Balaban J connectivity index is 1.57. The molecule has 1 saturated heterocycles. The van der Waals surface area contributed by atoms with Gasteiger partial charge in [-0.15, -0.1) is 11.3 Å². The Morgan fingerprint density at radius 1 is 1.15 bits per heavy atom. The molecule has 3 aromatic rings. The van der Waals surface area contributed by atoms with Gasteiger partial charge in [0.2, 0.25) is 5.95 Å². The Labute approximate surface area is 151 Å². The number of halogens is 3. The molecule has 3 heterocycles. The molecule has 0 spiro atoms. The van der Waals surface area contributed by atoms with E-state index in [9.17, 15) is 13.2 Å². The number of hydrogen-bond acceptors (Lipinski definition) is 6. The van der Waals surface area contributed by atoms with Crippen LogP contribution in [-0.4, -0.2) is 38.3 Å². The molecule has 6 nitrogen and oxygen atoms in total. The predicted molar refractivity (Wildman–Crippen MR) is 90.5 cm³/mol. The zero-order valence-corrected chi connectivity index (χ0v) is 14.4. The lowest BCUT2D eigenvalue weighted by molar-refractivity contribution is -0.140. The topological polar surface area (TPSA) is 59.7 Å². The molecule has 0 bridgehead atoms. The minimum atomic E-state index is -4.40. The second kappa shape index (κ2) is 6.67. The Morgan fingerprint density at radius 3 is 2.69 bits per heavy atom. The van der Waals surface area contributed by atoms with Gasteiger partial charge < -0.3 is 4.90 Å². The molecule has 0 aliphatic carbocycles. The van der Waals surface area contributed by atoms with E-state index in [0.717, 1.165) is 41.8 Å². The number of anilines is 1. The van der Waals surface area contributed by atoms with Crippen LogP contribution in [0.4, 0.5) is 19.1 Å². The average Bonchev–Trinajstić information content (AvgIpc) is 3.32. The van der Waals surface area contributed by atoms with Gasteiger partial charge in [0.1, 0.15) is 0 Å². The fourth-order valence-electron chi connectivity index (χ4n) is 3.08. The zero-order valence-electron chi connectivity index (χ0n) is 13.6. The number of thiazole rings is 1. The van der Waals surface area contributed by atoms with Crippen molar-refractivity contribution in [3.8, 4) is 5.69 Å². The summed E-state index contributed by atoms with van der Waals surface area (Å²) in [7, 11) is 0. The van der Waals surface area contributed by atoms with E-state index in [0.29, 0.717) is 17.5 Å². The van der Waals surface area contributed by atoms with Crippen LogP contribution in [0.25, 0.3) is 5.69 Å². The molecule has 0 radical (unpaired) electrons. The van der Waals surface area contributed by atoms with Crippen molar-refractivity contribution < 1.29 is 13.2 Å². The van der Waals surface area contributed by atoms with Crippen molar-refractivity contribution in [1.82, 2.24) is 25.2 Å². The smallest absolute Gasteiger partial charge is 0.339 e. The first-order valence-electron chi connectivity index (χ1n) is 8.14. The number of aromatic nitrogens is 5. The molecule has 1 aliphatic heterocycles. The summed E-state index contributed by atoms with van der Waals surface area (Å²) < 4.78 is 40.1. The predicted octanol–water partition coefficient (Wildman–Crippen LogP) is 3.52. The summed E-state index contributed by atoms with van der Waals surface area (Å²) >= 11 is 1.07. The van der Waals surface area contributed by atoms with Crippen molar-refractivity contribution in [3.05, 3.63) is 46.4 Å². The van der Waals surface area contributed by atoms with E-state index in [4.69, 9.17) is 0 Å². The molecule has 1 atom stereocenters. The van der Waals surface area contributed by atoms with E-state index < -0.39 is 11.9 Å². The lowest BCUT2D eigenvalue weighted by atomic mass is 9.99. The molecule has 1 aliphatic rings. The van der Waals surface area contributed by atoms with Crippen molar-refractivity contribution >= 4 is 17.3 Å². The normalized spacial score (nSPS) is 18.3. The van der Waals surface area contributed by atoms with Gasteiger partial charge in [-0.3, -0.25) is 0 Å². The molecular weight excluding hydrogens is 365 g/mol. The molecule has 2 aromatic heterocycles. The average molecular weight is 380 g/mol. The van der Waals surface area contributed by atoms with Gasteiger partial charge in [-0.1, -0.05) is 23.3 Å². The molecule has 136 valence electrons. The van der Waals surface area contributed by atoms with E-state index in [1.54, 1.807) is 4.68 Å². The standard InChI is InChI=1S/C16H15F3N6S/c17-16(18,19)13-10-26-14(20-13)11-5-4-8-24(9-11)15-21-22-23-25(15)12-6-2-1-3-7-12/h1-3,6-7,10-11H,4-5,8-9H2. The number of benzene rings is 1. The van der Waals surface area contributed by atoms with Gasteiger partial charge in [-0.05, 0) is 35.4 Å². The highest BCUT2D eigenvalue weighted by Gasteiger charge is 2.35. The van der Waals surface area contributed by atoms with Crippen LogP contribution in [-0.2, 0) is 6.18 Å². The highest BCUT2D eigenvalue weighted by atomic mass is 32.1. The van der Waals surface area contributed by atoms with Gasteiger partial charge in [0.15, 0.2) is 5.69 Å². The maximum atomic E-state index is 12.8. The van der Waals surface area contributed by atoms with Crippen LogP contribution in [0.2, 0.25) is 0 Å². The summed E-state index contributed by atoms with van der Waals surface area (Å²) in [5.41, 5.74) is 0.0203. The summed E-state index contributed by atoms with van der Waals surface area (Å²) in [6.45, 7) is 1.29. The Kier molecular flexibility index (Phi) is 4.35. The van der Waals surface area contributed by atoms with Crippen molar-refractivity contribution in [3.63, 3.8) is 0 Å². The second-order valence-corrected chi connectivity index (χ2v) is 6.97. The molecule has 10 heteroatoms. The number of para-hydroxylation sites is 1. The number of piperidine rings is 1. The number of nitrogens with zero attached hydrogens (tertiary/aromatic N) is 6. The number of alkyl halides is 3. The van der Waals surface area contributed by atoms with Crippen LogP contribution in [0.15, 0.2) is 35.7 Å². The molecule has 0 N–H and O–H groups in total. The Hall–Kier alpha value is -2.49. The fraction of sp³-hybridized carbons (Fsp3) is 0.375. The molecular formula is C16H15F3N6S. The maximum absolute atomic E-state index is 12.8. The Morgan fingerprint density at radius 2 is 1.96 bits per heavy atom. The van der Waals surface area contributed by atoms with E-state index >= 15 is 0 Å². The molecule has 1 unspecified atom stereocenters. The van der Waals surface area contributed by atoms with E-state index in [2.05, 4.69) is 20.5 Å². The first-order valence-corrected chi connectivity index (χ1v) is 9.02. The van der Waals surface area contributed by atoms with Crippen molar-refractivity contribution in [2.75, 3.05) is 18.0 Å². The fourth-order valence-corrected chi connectivity index (χ4v) is 4.04. The quantitative estimate of drug-likeness (QED) is 0.696. The van der Waals surface area contributed by atoms with Gasteiger partial charge in [0, 0.05) is 24.4 Å². The van der Waals surface area contributed by atoms with Gasteiger partial charge in [-0.25, -0.2) is 4.98 Å². The Bertz CT molecular complexity index is 875. The van der Waals surface area contributed by atoms with Crippen LogP contribution in [0.1, 0.15) is 29.5 Å². The molecule has 1 aromatic carbocycles. The number of rotatable bonds is 3. The highest BCUT2D eigenvalue weighted by Crippen LogP contribution is 2.35. The van der Waals surface area contributed by atoms with Crippen LogP contribution in [0.5, 0.6) is 0 Å². The highest BCUT2D eigenvalue weighted by molar-refractivity contribution is 7.09. The molecule has 0 amide bonds. The molecule has 1 fully saturated rings. The van der Waals surface area contributed by atoms with Crippen molar-refractivity contribution in [2.45, 2.75) is 24.9 Å². The summed E-state index contributed by atoms with van der Waals surface area (Å²) in [5, 5.41) is 13.5. The lowest BCUT2D eigenvalue weighted by Gasteiger charge is -2.31. The summed E-state index contributed by atoms with van der Waals surface area (Å²) in [6, 6.07) is 9.50. The van der Waals surface area contributed by atoms with E-state index in [1.165, 1.54) is 0 Å². The molecule has 26 heavy (non-hydrogen) atoms. The van der Waals surface area contributed by atoms with E-state index in [1.807, 2.05) is 35.2 Å². The third-order valence-corrected chi connectivity index (χ3v) is 5.33. The number of tetrazole rings is 1. The lowest BCUT2D eigenvalue weighted by Crippen LogP contribution is -2.36. The monoisotopic (exact) mass is 380 g/mol. The number of hydrogen-bond donors (Lipinski definition) is 0. The first-order chi connectivity index (χ1) is 12.5. The maximum Gasteiger partial charge on any atom is 0.434 e. The van der Waals surface area contributed by atoms with Crippen LogP contribution in [0.3, 0.4) is 0 Å². The van der Waals surface area contributed by atoms with Gasteiger partial charge in [-0.2, -0.15) is 17.9 Å². The van der Waals surface area contributed by atoms with Crippen LogP contribution < -0.4 is 4.90 Å². The van der Waals surface area contributed by atoms with Crippen LogP contribution in [0, 0.1) is 0 Å². The SMILES string of the molecule is FC(F)(F)c1csc(C2CCCN(c3nnnn3-c3ccccc3)C2)n1. The summed E-state index contributed by atoms with van der Waals surface area (Å²) in [4.78, 5) is 5.82.